The number of fused-ring (bicyclic) bond motifs is 1. The molecule has 3 rings (SSSR count). The van der Waals surface area contributed by atoms with Crippen LogP contribution in [0.1, 0.15) is 53.5 Å². The summed E-state index contributed by atoms with van der Waals surface area (Å²) >= 11 is 1.53. The predicted molar refractivity (Wildman–Crippen MR) is 90.7 cm³/mol. The number of carbonyl (C=O) groups excluding carboxylic acids is 2. The van der Waals surface area contributed by atoms with Gasteiger partial charge in [-0.05, 0) is 18.8 Å². The van der Waals surface area contributed by atoms with Gasteiger partial charge >= 0.3 is 0 Å². The van der Waals surface area contributed by atoms with Gasteiger partial charge in [-0.2, -0.15) is 0 Å². The van der Waals surface area contributed by atoms with E-state index in [1.807, 2.05) is 9.80 Å². The molecule has 1 aromatic heterocycles. The van der Waals surface area contributed by atoms with Gasteiger partial charge in [0.2, 0.25) is 5.91 Å². The second-order valence-electron chi connectivity index (χ2n) is 6.87. The molecular weight excluding hydrogens is 310 g/mol. The van der Waals surface area contributed by atoms with Crippen molar-refractivity contribution in [2.45, 2.75) is 46.0 Å². The summed E-state index contributed by atoms with van der Waals surface area (Å²) in [5, 5.41) is 0.638. The highest BCUT2D eigenvalue weighted by Gasteiger charge is 2.26. The Morgan fingerprint density at radius 3 is 2.48 bits per heavy atom. The number of rotatable bonds is 3. The monoisotopic (exact) mass is 335 g/mol. The smallest absolute Gasteiger partial charge is 0.282 e. The first-order valence-corrected chi connectivity index (χ1v) is 9.42. The molecular formula is C17H25N3O2S. The zero-order valence-corrected chi connectivity index (χ0v) is 14.8. The number of amides is 2. The summed E-state index contributed by atoms with van der Waals surface area (Å²) in [6, 6.07) is 0. The fourth-order valence-corrected chi connectivity index (χ4v) is 4.30. The fraction of sp³-hybridized carbons (Fsp3) is 0.706. The van der Waals surface area contributed by atoms with Gasteiger partial charge < -0.3 is 9.80 Å². The number of carbonyl (C=O) groups is 2. The second-order valence-corrected chi connectivity index (χ2v) is 7.95. The molecule has 1 fully saturated rings. The average Bonchev–Trinajstić information content (AvgIpc) is 3.12. The van der Waals surface area contributed by atoms with Crippen molar-refractivity contribution < 1.29 is 9.59 Å². The van der Waals surface area contributed by atoms with Gasteiger partial charge in [-0.15, -0.1) is 11.3 Å². The second kappa shape index (κ2) is 6.99. The van der Waals surface area contributed by atoms with E-state index in [4.69, 9.17) is 0 Å². The van der Waals surface area contributed by atoms with Crippen molar-refractivity contribution in [3.8, 4) is 0 Å². The zero-order chi connectivity index (χ0) is 16.4. The molecule has 0 atom stereocenters. The number of hydrogen-bond donors (Lipinski definition) is 0. The lowest BCUT2D eigenvalue weighted by atomic mass is 10.1. The summed E-state index contributed by atoms with van der Waals surface area (Å²) in [6.07, 6.45) is 4.40. The van der Waals surface area contributed by atoms with E-state index >= 15 is 0 Å². The van der Waals surface area contributed by atoms with Gasteiger partial charge in [-0.3, -0.25) is 9.59 Å². The Bertz CT molecular complexity index is 565. The van der Waals surface area contributed by atoms with Crippen molar-refractivity contribution in [3.63, 3.8) is 0 Å². The van der Waals surface area contributed by atoms with Crippen molar-refractivity contribution in [3.05, 3.63) is 15.6 Å². The maximum atomic E-state index is 12.5. The minimum Gasteiger partial charge on any atom is -0.342 e. The van der Waals surface area contributed by atoms with E-state index in [1.165, 1.54) is 16.2 Å². The maximum absolute atomic E-state index is 12.5. The number of likely N-dealkylation sites (tertiary alicyclic amines) is 1. The molecule has 2 aliphatic heterocycles. The minimum atomic E-state index is 0.0910. The lowest BCUT2D eigenvalue weighted by molar-refractivity contribution is -0.131. The van der Waals surface area contributed by atoms with E-state index in [1.54, 1.807) is 0 Å². The molecule has 0 bridgehead atoms. The highest BCUT2D eigenvalue weighted by Crippen LogP contribution is 2.25. The molecule has 6 heteroatoms. The highest BCUT2D eigenvalue weighted by atomic mass is 32.1. The van der Waals surface area contributed by atoms with Crippen LogP contribution < -0.4 is 0 Å². The van der Waals surface area contributed by atoms with Gasteiger partial charge in [0.05, 0.1) is 5.69 Å². The molecule has 2 aliphatic rings. The molecule has 0 aliphatic carbocycles. The normalized spacial score (nSPS) is 18.2. The zero-order valence-electron chi connectivity index (χ0n) is 14.0. The molecule has 1 saturated heterocycles. The van der Waals surface area contributed by atoms with E-state index in [0.717, 1.165) is 57.6 Å². The molecule has 5 nitrogen and oxygen atoms in total. The lowest BCUT2D eigenvalue weighted by Gasteiger charge is -2.21. The Morgan fingerprint density at radius 1 is 1.09 bits per heavy atom. The molecule has 23 heavy (non-hydrogen) atoms. The van der Waals surface area contributed by atoms with Crippen LogP contribution in [-0.2, 0) is 17.6 Å². The Labute approximate surface area is 141 Å². The van der Waals surface area contributed by atoms with Crippen LogP contribution in [0.4, 0.5) is 0 Å². The van der Waals surface area contributed by atoms with E-state index in [-0.39, 0.29) is 11.8 Å². The SMILES string of the molecule is CC(C)CC(=O)N1CCc2nc(C(=O)N3CCCC3)sc2CC1. The van der Waals surface area contributed by atoms with Crippen LogP contribution in [0.3, 0.4) is 0 Å². The summed E-state index contributed by atoms with van der Waals surface area (Å²) in [5.74, 6) is 0.722. The third-order valence-electron chi connectivity index (χ3n) is 4.52. The average molecular weight is 335 g/mol. The molecule has 0 radical (unpaired) electrons. The minimum absolute atomic E-state index is 0.0910. The van der Waals surface area contributed by atoms with Crippen LogP contribution in [0.15, 0.2) is 0 Å². The fourth-order valence-electron chi connectivity index (χ4n) is 3.24. The topological polar surface area (TPSA) is 53.5 Å². The first-order chi connectivity index (χ1) is 11.0. The molecule has 0 aromatic carbocycles. The van der Waals surface area contributed by atoms with Crippen molar-refractivity contribution in [2.24, 2.45) is 5.92 Å². The number of hydrogen-bond acceptors (Lipinski definition) is 4. The molecule has 0 unspecified atom stereocenters. The molecule has 1 aromatic rings. The summed E-state index contributed by atoms with van der Waals surface area (Å²) in [6.45, 7) is 7.34. The largest absolute Gasteiger partial charge is 0.342 e. The van der Waals surface area contributed by atoms with Gasteiger partial charge in [0.15, 0.2) is 5.01 Å². The lowest BCUT2D eigenvalue weighted by Crippen LogP contribution is -2.34. The first kappa shape index (κ1) is 16.4. The van der Waals surface area contributed by atoms with Gasteiger partial charge in [0.25, 0.3) is 5.91 Å². The highest BCUT2D eigenvalue weighted by molar-refractivity contribution is 7.13. The quantitative estimate of drug-likeness (QED) is 0.852. The van der Waals surface area contributed by atoms with Crippen LogP contribution in [0.25, 0.3) is 0 Å². The van der Waals surface area contributed by atoms with E-state index in [2.05, 4.69) is 18.8 Å². The van der Waals surface area contributed by atoms with Crippen LogP contribution in [0.2, 0.25) is 0 Å². The van der Waals surface area contributed by atoms with Crippen LogP contribution >= 0.6 is 11.3 Å². The Balaban J connectivity index is 1.65. The van der Waals surface area contributed by atoms with Crippen molar-refractivity contribution >= 4 is 23.2 Å². The van der Waals surface area contributed by atoms with Crippen LogP contribution in [-0.4, -0.2) is 52.8 Å². The van der Waals surface area contributed by atoms with E-state index in [9.17, 15) is 9.59 Å². The molecule has 0 N–H and O–H groups in total. The van der Waals surface area contributed by atoms with Crippen molar-refractivity contribution in [1.82, 2.24) is 14.8 Å². The molecule has 126 valence electrons. The van der Waals surface area contributed by atoms with Crippen LogP contribution in [0.5, 0.6) is 0 Å². The van der Waals surface area contributed by atoms with Crippen LogP contribution in [0, 0.1) is 5.92 Å². The third-order valence-corrected chi connectivity index (χ3v) is 5.66. The third kappa shape index (κ3) is 3.74. The van der Waals surface area contributed by atoms with Crippen molar-refractivity contribution in [2.75, 3.05) is 26.2 Å². The molecule has 0 saturated carbocycles. The standard InChI is InChI=1S/C17H25N3O2S/c1-12(2)11-15(21)19-9-5-13-14(6-10-19)23-16(18-13)17(22)20-7-3-4-8-20/h12H,3-11H2,1-2H3. The number of nitrogens with zero attached hydrogens (tertiary/aromatic N) is 3. The van der Waals surface area contributed by atoms with Gasteiger partial charge in [0, 0.05) is 50.3 Å². The summed E-state index contributed by atoms with van der Waals surface area (Å²) < 4.78 is 0. The summed E-state index contributed by atoms with van der Waals surface area (Å²) in [7, 11) is 0. The molecule has 2 amide bonds. The van der Waals surface area contributed by atoms with Gasteiger partial charge in [-0.25, -0.2) is 4.98 Å². The Morgan fingerprint density at radius 2 is 1.78 bits per heavy atom. The molecule has 0 spiro atoms. The Hall–Kier alpha value is -1.43. The molecule has 3 heterocycles. The summed E-state index contributed by atoms with van der Waals surface area (Å²) in [5.41, 5.74) is 1.03. The van der Waals surface area contributed by atoms with Crippen molar-refractivity contribution in [1.29, 1.82) is 0 Å². The number of thiazole rings is 1. The first-order valence-electron chi connectivity index (χ1n) is 8.60. The van der Waals surface area contributed by atoms with Gasteiger partial charge in [-0.1, -0.05) is 13.8 Å². The summed E-state index contributed by atoms with van der Waals surface area (Å²) in [4.78, 5) is 34.3. The number of aromatic nitrogens is 1. The van der Waals surface area contributed by atoms with Gasteiger partial charge in [0.1, 0.15) is 0 Å². The van der Waals surface area contributed by atoms with E-state index < -0.39 is 0 Å². The Kier molecular flexibility index (Phi) is 4.99. The van der Waals surface area contributed by atoms with E-state index in [0.29, 0.717) is 17.3 Å². The maximum Gasteiger partial charge on any atom is 0.282 e. The predicted octanol–water partition coefficient (Wildman–Crippen LogP) is 2.35.